The quantitative estimate of drug-likeness (QED) is 0.861. The number of carbonyl (C=O) groups is 1. The molecule has 2 aromatic rings. The molecule has 0 unspecified atom stereocenters. The second kappa shape index (κ2) is 5.74. The van der Waals surface area contributed by atoms with Gasteiger partial charge in [-0.1, -0.05) is 30.3 Å². The van der Waals surface area contributed by atoms with E-state index in [0.29, 0.717) is 10.1 Å². The number of carbonyl (C=O) groups excluding carboxylic acids is 1. The van der Waals surface area contributed by atoms with E-state index in [0.717, 1.165) is 24.0 Å². The minimum atomic E-state index is -0.250. The molecule has 4 nitrogen and oxygen atoms in total. The van der Waals surface area contributed by atoms with Crippen LogP contribution in [0.3, 0.4) is 0 Å². The van der Waals surface area contributed by atoms with E-state index < -0.39 is 0 Å². The normalized spacial score (nSPS) is 19.8. The first-order valence-electron chi connectivity index (χ1n) is 7.77. The summed E-state index contributed by atoms with van der Waals surface area (Å²) in [5, 5.41) is 2.70. The number of anilines is 1. The first kappa shape index (κ1) is 14.3. The molecule has 0 saturated carbocycles. The number of rotatable bonds is 2. The molecule has 2 heterocycles. The lowest BCUT2D eigenvalue weighted by Crippen LogP contribution is -2.17. The van der Waals surface area contributed by atoms with Crippen LogP contribution in [0.15, 0.2) is 46.3 Å². The molecule has 5 heteroatoms. The summed E-state index contributed by atoms with van der Waals surface area (Å²) in [4.78, 5) is 18.6. The topological polar surface area (TPSA) is 58.7 Å². The van der Waals surface area contributed by atoms with Crippen LogP contribution in [-0.4, -0.2) is 24.2 Å². The molecule has 0 bridgehead atoms. The van der Waals surface area contributed by atoms with Crippen LogP contribution in [0.2, 0.25) is 0 Å². The average molecular weight is 323 g/mol. The SMILES string of the molecule is NC1=NC(=O)C(=Cc2ccc(N3CCCC3)c3ccccc23)S1. The summed E-state index contributed by atoms with van der Waals surface area (Å²) in [6, 6.07) is 12.6. The van der Waals surface area contributed by atoms with E-state index >= 15 is 0 Å². The van der Waals surface area contributed by atoms with Gasteiger partial charge in [-0.25, -0.2) is 0 Å². The molecule has 2 N–H and O–H groups in total. The number of benzene rings is 2. The Balaban J connectivity index is 1.82. The Hall–Kier alpha value is -2.27. The van der Waals surface area contributed by atoms with Crippen LogP contribution in [0.25, 0.3) is 16.8 Å². The van der Waals surface area contributed by atoms with Gasteiger partial charge in [0.1, 0.15) is 0 Å². The van der Waals surface area contributed by atoms with Gasteiger partial charge < -0.3 is 10.6 Å². The second-order valence-corrected chi connectivity index (χ2v) is 6.84. The van der Waals surface area contributed by atoms with E-state index in [-0.39, 0.29) is 5.91 Å². The number of nitrogens with two attached hydrogens (primary N) is 1. The van der Waals surface area contributed by atoms with Crippen LogP contribution >= 0.6 is 11.8 Å². The van der Waals surface area contributed by atoms with Crippen molar-refractivity contribution < 1.29 is 4.79 Å². The Kier molecular flexibility index (Phi) is 3.58. The van der Waals surface area contributed by atoms with Crippen molar-refractivity contribution >= 4 is 45.4 Å². The Morgan fingerprint density at radius 2 is 1.83 bits per heavy atom. The van der Waals surface area contributed by atoms with E-state index in [1.807, 2.05) is 12.1 Å². The minimum Gasteiger partial charge on any atom is -0.378 e. The van der Waals surface area contributed by atoms with E-state index in [2.05, 4.69) is 40.2 Å². The molecule has 2 aromatic carbocycles. The summed E-state index contributed by atoms with van der Waals surface area (Å²) >= 11 is 1.24. The third-order valence-corrected chi connectivity index (χ3v) is 5.12. The van der Waals surface area contributed by atoms with Crippen molar-refractivity contribution in [3.05, 3.63) is 46.9 Å². The number of aliphatic imine (C=N–C) groups is 1. The lowest BCUT2D eigenvalue weighted by Gasteiger charge is -2.20. The summed E-state index contributed by atoms with van der Waals surface area (Å²) in [7, 11) is 0. The molecule has 0 atom stereocenters. The van der Waals surface area contributed by atoms with Crippen LogP contribution in [0.1, 0.15) is 18.4 Å². The summed E-state index contributed by atoms with van der Waals surface area (Å²) < 4.78 is 0. The van der Waals surface area contributed by atoms with E-state index in [1.54, 1.807) is 0 Å². The summed E-state index contributed by atoms with van der Waals surface area (Å²) in [6.07, 6.45) is 4.40. The molecule has 23 heavy (non-hydrogen) atoms. The lowest BCUT2D eigenvalue weighted by molar-refractivity contribution is -0.113. The van der Waals surface area contributed by atoms with Crippen molar-refractivity contribution in [1.29, 1.82) is 0 Å². The van der Waals surface area contributed by atoms with Crippen molar-refractivity contribution in [1.82, 2.24) is 0 Å². The first-order valence-corrected chi connectivity index (χ1v) is 8.59. The van der Waals surface area contributed by atoms with Crippen molar-refractivity contribution in [3.8, 4) is 0 Å². The maximum atomic E-state index is 11.8. The maximum absolute atomic E-state index is 11.8. The number of thioether (sulfide) groups is 1. The van der Waals surface area contributed by atoms with Gasteiger partial charge in [-0.05, 0) is 47.7 Å². The Morgan fingerprint density at radius 1 is 1.09 bits per heavy atom. The molecule has 0 aliphatic carbocycles. The van der Waals surface area contributed by atoms with Crippen LogP contribution in [0.4, 0.5) is 5.69 Å². The Bertz CT molecular complexity index is 850. The van der Waals surface area contributed by atoms with E-state index in [1.165, 1.54) is 35.7 Å². The number of hydrogen-bond acceptors (Lipinski definition) is 4. The maximum Gasteiger partial charge on any atom is 0.286 e. The fourth-order valence-electron chi connectivity index (χ4n) is 3.23. The monoisotopic (exact) mass is 323 g/mol. The molecule has 4 rings (SSSR count). The van der Waals surface area contributed by atoms with Crippen molar-refractivity contribution in [2.45, 2.75) is 12.8 Å². The number of fused-ring (bicyclic) bond motifs is 1. The molecule has 2 aliphatic heterocycles. The predicted octanol–water partition coefficient (Wildman–Crippen LogP) is 3.37. The van der Waals surface area contributed by atoms with Crippen molar-refractivity contribution in [2.24, 2.45) is 10.7 Å². The number of amidine groups is 1. The van der Waals surface area contributed by atoms with Gasteiger partial charge in [0.25, 0.3) is 5.91 Å². The highest BCUT2D eigenvalue weighted by Gasteiger charge is 2.20. The average Bonchev–Trinajstić information content (AvgIpc) is 3.18. The van der Waals surface area contributed by atoms with Crippen LogP contribution in [0.5, 0.6) is 0 Å². The fraction of sp³-hybridized carbons (Fsp3) is 0.222. The summed E-state index contributed by atoms with van der Waals surface area (Å²) in [6.45, 7) is 2.23. The molecule has 0 spiro atoms. The Morgan fingerprint density at radius 3 is 2.52 bits per heavy atom. The van der Waals surface area contributed by atoms with Crippen molar-refractivity contribution in [3.63, 3.8) is 0 Å². The van der Waals surface area contributed by atoms with Gasteiger partial charge >= 0.3 is 0 Å². The highest BCUT2D eigenvalue weighted by Crippen LogP contribution is 2.34. The zero-order valence-electron chi connectivity index (χ0n) is 12.7. The molecule has 0 radical (unpaired) electrons. The molecular formula is C18H17N3OS. The fourth-order valence-corrected chi connectivity index (χ4v) is 3.91. The van der Waals surface area contributed by atoms with Gasteiger partial charge in [0.05, 0.1) is 4.91 Å². The predicted molar refractivity (Wildman–Crippen MR) is 97.6 cm³/mol. The smallest absolute Gasteiger partial charge is 0.286 e. The minimum absolute atomic E-state index is 0.250. The molecule has 2 aliphatic rings. The molecule has 0 aromatic heterocycles. The number of nitrogens with zero attached hydrogens (tertiary/aromatic N) is 2. The first-order chi connectivity index (χ1) is 11.2. The molecule has 1 saturated heterocycles. The van der Waals surface area contributed by atoms with Gasteiger partial charge in [-0.3, -0.25) is 4.79 Å². The lowest BCUT2D eigenvalue weighted by atomic mass is 10.0. The third-order valence-electron chi connectivity index (χ3n) is 4.31. The van der Waals surface area contributed by atoms with Gasteiger partial charge in [-0.15, -0.1) is 0 Å². The van der Waals surface area contributed by atoms with E-state index in [4.69, 9.17) is 5.73 Å². The molecule has 1 amide bonds. The van der Waals surface area contributed by atoms with Gasteiger partial charge in [0, 0.05) is 24.2 Å². The number of hydrogen-bond donors (Lipinski definition) is 1. The molecular weight excluding hydrogens is 306 g/mol. The third kappa shape index (κ3) is 2.61. The van der Waals surface area contributed by atoms with E-state index in [9.17, 15) is 4.79 Å². The standard InChI is InChI=1S/C18H17N3OS/c19-18-20-17(22)16(23-18)11-12-7-8-15(21-9-3-4-10-21)14-6-2-1-5-13(12)14/h1-2,5-8,11H,3-4,9-10H2,(H2,19,20,22). The van der Waals surface area contributed by atoms with Gasteiger partial charge in [-0.2, -0.15) is 4.99 Å². The molecule has 1 fully saturated rings. The highest BCUT2D eigenvalue weighted by molar-refractivity contribution is 8.18. The van der Waals surface area contributed by atoms with Gasteiger partial charge in [0.2, 0.25) is 0 Å². The molecule has 116 valence electrons. The zero-order chi connectivity index (χ0) is 15.8. The zero-order valence-corrected chi connectivity index (χ0v) is 13.5. The summed E-state index contributed by atoms with van der Waals surface area (Å²) in [5.74, 6) is -0.250. The Labute approximate surface area is 139 Å². The van der Waals surface area contributed by atoms with Crippen LogP contribution in [0, 0.1) is 0 Å². The van der Waals surface area contributed by atoms with Crippen LogP contribution < -0.4 is 10.6 Å². The summed E-state index contributed by atoms with van der Waals surface area (Å²) in [5.41, 5.74) is 7.94. The van der Waals surface area contributed by atoms with Gasteiger partial charge in [0.15, 0.2) is 5.17 Å². The van der Waals surface area contributed by atoms with Crippen molar-refractivity contribution in [2.75, 3.05) is 18.0 Å². The second-order valence-electron chi connectivity index (χ2n) is 5.78. The highest BCUT2D eigenvalue weighted by atomic mass is 32.2. The van der Waals surface area contributed by atoms with Crippen LogP contribution in [-0.2, 0) is 4.79 Å². The number of amides is 1. The largest absolute Gasteiger partial charge is 0.378 e.